The summed E-state index contributed by atoms with van der Waals surface area (Å²) in [4.78, 5) is 54.6. The largest absolute Gasteiger partial charge is 0.390 e. The SMILES string of the molecule is CCC(=O)N[C@@H](C(=O)N1CCC(C)(O)CC1)[C@@H](C)c1ccc(NC(=O)[C@](C)(SNC(=O)C(F)(F)c2cccc(C#N)c2)C2CCCCCC2)c(F)c1. The Bertz CT molecular complexity index is 1670. The lowest BCUT2D eigenvalue weighted by Gasteiger charge is -2.38. The zero-order chi connectivity index (χ0) is 38.3. The quantitative estimate of drug-likeness (QED) is 0.147. The van der Waals surface area contributed by atoms with E-state index >= 15 is 13.2 Å². The summed E-state index contributed by atoms with van der Waals surface area (Å²) in [5, 5.41) is 24.9. The Morgan fingerprint density at radius 1 is 1.06 bits per heavy atom. The Balaban J connectivity index is 1.54. The smallest absolute Gasteiger partial charge is 0.350 e. The lowest BCUT2D eigenvalue weighted by Crippen LogP contribution is -2.54. The lowest BCUT2D eigenvalue weighted by atomic mass is 9.85. The van der Waals surface area contributed by atoms with Gasteiger partial charge in [-0.3, -0.25) is 23.9 Å². The molecule has 2 aromatic rings. The van der Waals surface area contributed by atoms with E-state index in [-0.39, 0.29) is 35.4 Å². The molecule has 0 bridgehead atoms. The molecule has 0 aromatic heterocycles. The van der Waals surface area contributed by atoms with Crippen molar-refractivity contribution in [3.05, 3.63) is 65.0 Å². The number of halogens is 3. The van der Waals surface area contributed by atoms with Crippen LogP contribution >= 0.6 is 11.9 Å². The van der Waals surface area contributed by atoms with Gasteiger partial charge in [0, 0.05) is 31.0 Å². The van der Waals surface area contributed by atoms with E-state index in [4.69, 9.17) is 5.26 Å². The van der Waals surface area contributed by atoms with Crippen LogP contribution in [0.15, 0.2) is 42.5 Å². The molecule has 2 aromatic carbocycles. The van der Waals surface area contributed by atoms with Crippen LogP contribution in [0.2, 0.25) is 0 Å². The fourth-order valence-corrected chi connectivity index (χ4v) is 7.69. The first-order valence-electron chi connectivity index (χ1n) is 17.8. The molecule has 1 saturated heterocycles. The van der Waals surface area contributed by atoms with Crippen LogP contribution in [-0.4, -0.2) is 63.1 Å². The number of likely N-dealkylation sites (tertiary alicyclic amines) is 1. The third kappa shape index (κ3) is 9.66. The second-order valence-electron chi connectivity index (χ2n) is 14.3. The number of nitriles is 1. The van der Waals surface area contributed by atoms with Crippen molar-refractivity contribution < 1.29 is 37.5 Å². The van der Waals surface area contributed by atoms with E-state index in [1.165, 1.54) is 24.3 Å². The number of rotatable bonds is 12. The van der Waals surface area contributed by atoms with Crippen molar-refractivity contribution in [2.24, 2.45) is 5.92 Å². The highest BCUT2D eigenvalue weighted by Gasteiger charge is 2.47. The van der Waals surface area contributed by atoms with Gasteiger partial charge in [0.25, 0.3) is 0 Å². The number of alkyl halides is 2. The zero-order valence-electron chi connectivity index (χ0n) is 30.1. The summed E-state index contributed by atoms with van der Waals surface area (Å²) in [7, 11) is 0. The number of nitrogens with zero attached hydrogens (tertiary/aromatic N) is 2. The summed E-state index contributed by atoms with van der Waals surface area (Å²) >= 11 is 0.572. The van der Waals surface area contributed by atoms with Crippen molar-refractivity contribution in [1.29, 1.82) is 5.26 Å². The first-order valence-corrected chi connectivity index (χ1v) is 18.6. The number of benzene rings is 2. The highest BCUT2D eigenvalue weighted by atomic mass is 32.2. The number of carbonyl (C=O) groups is 4. The molecular formula is C38H48F3N5O5S. The molecule has 3 atom stereocenters. The highest BCUT2D eigenvalue weighted by molar-refractivity contribution is 8.00. The predicted molar refractivity (Wildman–Crippen MR) is 192 cm³/mol. The molecule has 0 radical (unpaired) electrons. The molecule has 0 unspecified atom stereocenters. The van der Waals surface area contributed by atoms with E-state index in [0.29, 0.717) is 56.3 Å². The minimum absolute atomic E-state index is 0.0345. The molecule has 1 heterocycles. The second kappa shape index (κ2) is 17.2. The molecule has 282 valence electrons. The van der Waals surface area contributed by atoms with E-state index in [0.717, 1.165) is 37.8 Å². The summed E-state index contributed by atoms with van der Waals surface area (Å²) in [6.07, 6.45) is 5.56. The topological polar surface area (TPSA) is 152 Å². The first-order chi connectivity index (χ1) is 24.5. The van der Waals surface area contributed by atoms with Crippen LogP contribution in [0, 0.1) is 23.1 Å². The number of hydrogen-bond donors (Lipinski definition) is 4. The fraction of sp³-hybridized carbons (Fsp3) is 0.553. The average molecular weight is 744 g/mol. The Morgan fingerprint density at radius 2 is 1.71 bits per heavy atom. The molecule has 1 saturated carbocycles. The average Bonchev–Trinajstić information content (AvgIpc) is 3.43. The van der Waals surface area contributed by atoms with Crippen LogP contribution < -0.4 is 15.4 Å². The zero-order valence-corrected chi connectivity index (χ0v) is 30.9. The number of anilines is 1. The minimum atomic E-state index is -4.00. The van der Waals surface area contributed by atoms with Gasteiger partial charge in [-0.1, -0.05) is 57.7 Å². The third-order valence-electron chi connectivity index (χ3n) is 10.4. The highest BCUT2D eigenvalue weighted by Crippen LogP contribution is 2.42. The molecule has 4 N–H and O–H groups in total. The maximum Gasteiger partial charge on any atom is 0.350 e. The Kier molecular flexibility index (Phi) is 13.4. The van der Waals surface area contributed by atoms with Crippen molar-refractivity contribution in [3.63, 3.8) is 0 Å². The molecule has 14 heteroatoms. The molecule has 52 heavy (non-hydrogen) atoms. The molecule has 10 nitrogen and oxygen atoms in total. The predicted octanol–water partition coefficient (Wildman–Crippen LogP) is 6.29. The van der Waals surface area contributed by atoms with Gasteiger partial charge in [-0.15, -0.1) is 0 Å². The van der Waals surface area contributed by atoms with E-state index in [1.54, 1.807) is 44.7 Å². The number of piperidine rings is 1. The van der Waals surface area contributed by atoms with Gasteiger partial charge in [0.05, 0.1) is 22.9 Å². The maximum absolute atomic E-state index is 15.8. The van der Waals surface area contributed by atoms with Crippen LogP contribution in [0.4, 0.5) is 18.9 Å². The van der Waals surface area contributed by atoms with Gasteiger partial charge in [0.1, 0.15) is 16.6 Å². The van der Waals surface area contributed by atoms with E-state index in [2.05, 4.69) is 15.4 Å². The number of amides is 4. The molecular weight excluding hydrogens is 696 g/mol. The molecule has 1 aliphatic heterocycles. The number of aliphatic hydroxyl groups is 1. The van der Waals surface area contributed by atoms with E-state index in [1.807, 2.05) is 0 Å². The monoisotopic (exact) mass is 743 g/mol. The van der Waals surface area contributed by atoms with Crippen LogP contribution in [0.1, 0.15) is 108 Å². The molecule has 2 aliphatic rings. The lowest BCUT2D eigenvalue weighted by molar-refractivity contribution is -0.144. The van der Waals surface area contributed by atoms with Gasteiger partial charge in [-0.25, -0.2) is 4.39 Å². The first kappa shape index (κ1) is 40.7. The fourth-order valence-electron chi connectivity index (χ4n) is 6.71. The van der Waals surface area contributed by atoms with Crippen LogP contribution in [0.3, 0.4) is 0 Å². The molecule has 0 spiro atoms. The standard InChI is InChI=1S/C38H48F3N5O5S/c1-5-31(47)44-32(33(48)46-19-17-36(3,51)18-20-46)24(2)26-15-16-30(29(39)22-26)43-34(49)37(4,27-12-8-6-7-9-13-27)52-45-35(50)38(40,41)28-14-10-11-25(21-28)23-42/h10-11,14-16,21-22,24,27,32,51H,5-9,12-13,17-20H2,1-4H3,(H,43,49)(H,44,47)(H,45,50)/t24-,32+,37+/m0/s1. The van der Waals surface area contributed by atoms with E-state index in [9.17, 15) is 24.3 Å². The van der Waals surface area contributed by atoms with Gasteiger partial charge in [0.2, 0.25) is 17.7 Å². The number of nitrogens with one attached hydrogen (secondary N) is 3. The van der Waals surface area contributed by atoms with Crippen LogP contribution in [0.25, 0.3) is 0 Å². The molecule has 4 rings (SSSR count). The molecule has 4 amide bonds. The molecule has 2 fully saturated rings. The summed E-state index contributed by atoms with van der Waals surface area (Å²) in [6, 6.07) is 9.45. The van der Waals surface area contributed by atoms with Gasteiger partial charge < -0.3 is 20.6 Å². The summed E-state index contributed by atoms with van der Waals surface area (Å²) in [5.74, 6) is -8.82. The van der Waals surface area contributed by atoms with Gasteiger partial charge in [-0.05, 0) is 87.2 Å². The van der Waals surface area contributed by atoms with Crippen LogP contribution in [0.5, 0.6) is 0 Å². The van der Waals surface area contributed by atoms with Gasteiger partial charge >= 0.3 is 11.8 Å². The number of carbonyl (C=O) groups excluding carboxylic acids is 4. The van der Waals surface area contributed by atoms with Crippen molar-refractivity contribution in [2.75, 3.05) is 18.4 Å². The van der Waals surface area contributed by atoms with Crippen molar-refractivity contribution >= 4 is 41.3 Å². The van der Waals surface area contributed by atoms with E-state index < -0.39 is 51.4 Å². The third-order valence-corrected chi connectivity index (χ3v) is 11.6. The summed E-state index contributed by atoms with van der Waals surface area (Å²) < 4.78 is 47.0. The van der Waals surface area contributed by atoms with Crippen molar-refractivity contribution in [3.8, 4) is 6.07 Å². The second-order valence-corrected chi connectivity index (χ2v) is 15.6. The normalized spacial score (nSPS) is 18.9. The summed E-state index contributed by atoms with van der Waals surface area (Å²) in [5.41, 5.74) is -1.37. The maximum atomic E-state index is 15.8. The summed E-state index contributed by atoms with van der Waals surface area (Å²) in [6.45, 7) is 7.23. The Hall–Kier alpha value is -4.09. The Morgan fingerprint density at radius 3 is 2.31 bits per heavy atom. The molecule has 1 aliphatic carbocycles. The van der Waals surface area contributed by atoms with Crippen LogP contribution in [-0.2, 0) is 25.1 Å². The Labute approximate surface area is 307 Å². The van der Waals surface area contributed by atoms with Gasteiger partial charge in [0.15, 0.2) is 0 Å². The number of hydrogen-bond acceptors (Lipinski definition) is 7. The van der Waals surface area contributed by atoms with Crippen molar-refractivity contribution in [2.45, 2.75) is 114 Å². The van der Waals surface area contributed by atoms with Gasteiger partial charge in [-0.2, -0.15) is 14.0 Å². The van der Waals surface area contributed by atoms with Crippen molar-refractivity contribution in [1.82, 2.24) is 14.9 Å². The minimum Gasteiger partial charge on any atom is -0.390 e.